The van der Waals surface area contributed by atoms with Crippen molar-refractivity contribution in [1.29, 1.82) is 0 Å². The molecule has 2 rings (SSSR count). The zero-order chi connectivity index (χ0) is 12.5. The van der Waals surface area contributed by atoms with E-state index in [-0.39, 0.29) is 5.54 Å². The number of nitrogens with two attached hydrogens (primary N) is 1. The van der Waals surface area contributed by atoms with E-state index in [4.69, 9.17) is 10.5 Å². The Kier molecular flexibility index (Phi) is 4.08. The van der Waals surface area contributed by atoms with E-state index in [1.165, 1.54) is 6.42 Å². The molecule has 0 aromatic heterocycles. The van der Waals surface area contributed by atoms with Crippen molar-refractivity contribution in [3.63, 3.8) is 0 Å². The van der Waals surface area contributed by atoms with Gasteiger partial charge in [-0.15, -0.1) is 0 Å². The Morgan fingerprint density at radius 1 is 1.41 bits per heavy atom. The first-order valence-electron chi connectivity index (χ1n) is 6.80. The minimum atomic E-state index is 0.177. The van der Waals surface area contributed by atoms with Crippen molar-refractivity contribution in [2.75, 3.05) is 40.4 Å². The first-order chi connectivity index (χ1) is 8.09. The summed E-state index contributed by atoms with van der Waals surface area (Å²) in [4.78, 5) is 4.98. The molecule has 0 radical (unpaired) electrons. The number of hydrogen-bond donors (Lipinski definition) is 1. The minimum absolute atomic E-state index is 0.177. The van der Waals surface area contributed by atoms with Gasteiger partial charge >= 0.3 is 0 Å². The highest BCUT2D eigenvalue weighted by Gasteiger charge is 2.44. The normalized spacial score (nSPS) is 36.9. The number of hydrogen-bond acceptors (Lipinski definition) is 4. The van der Waals surface area contributed by atoms with Crippen LogP contribution in [0.5, 0.6) is 0 Å². The summed E-state index contributed by atoms with van der Waals surface area (Å²) in [6.07, 6.45) is 3.49. The Morgan fingerprint density at radius 2 is 2.06 bits per heavy atom. The molecule has 4 nitrogen and oxygen atoms in total. The molecule has 2 heterocycles. The summed E-state index contributed by atoms with van der Waals surface area (Å²) in [5.74, 6) is 0. The molecule has 2 N–H and O–H groups in total. The molecule has 0 aliphatic carbocycles. The zero-order valence-electron chi connectivity index (χ0n) is 11.5. The summed E-state index contributed by atoms with van der Waals surface area (Å²) in [7, 11) is 4.47. The third kappa shape index (κ3) is 2.50. The average molecular weight is 241 g/mol. The van der Waals surface area contributed by atoms with Gasteiger partial charge in [-0.1, -0.05) is 0 Å². The molecule has 0 saturated carbocycles. The minimum Gasteiger partial charge on any atom is -0.381 e. The third-order valence-electron chi connectivity index (χ3n) is 4.84. The second-order valence-corrected chi connectivity index (χ2v) is 5.85. The fraction of sp³-hybridized carbons (Fsp3) is 1.00. The highest BCUT2D eigenvalue weighted by atomic mass is 16.5. The van der Waals surface area contributed by atoms with Gasteiger partial charge in [0.2, 0.25) is 0 Å². The van der Waals surface area contributed by atoms with Crippen LogP contribution < -0.4 is 5.73 Å². The van der Waals surface area contributed by atoms with Crippen LogP contribution in [-0.4, -0.2) is 67.8 Å². The fourth-order valence-corrected chi connectivity index (χ4v) is 3.40. The Morgan fingerprint density at radius 3 is 2.53 bits per heavy atom. The van der Waals surface area contributed by atoms with Crippen LogP contribution in [0.1, 0.15) is 26.2 Å². The lowest BCUT2D eigenvalue weighted by Crippen LogP contribution is -2.58. The molecule has 0 spiro atoms. The monoisotopic (exact) mass is 241 g/mol. The molecular weight excluding hydrogens is 214 g/mol. The molecule has 0 amide bonds. The summed E-state index contributed by atoms with van der Waals surface area (Å²) in [5, 5.41) is 0. The number of rotatable bonds is 3. The highest BCUT2D eigenvalue weighted by molar-refractivity contribution is 5.03. The number of ether oxygens (including phenoxy) is 1. The van der Waals surface area contributed by atoms with Crippen LogP contribution in [0.3, 0.4) is 0 Å². The molecule has 2 atom stereocenters. The second kappa shape index (κ2) is 5.22. The Labute approximate surface area is 105 Å². The van der Waals surface area contributed by atoms with E-state index in [1.807, 2.05) is 0 Å². The standard InChI is InChI=1S/C13H27N3O/c1-11-8-13(9-14,10-15(11)2)16(3)12-4-6-17-7-5-12/h11-12H,4-10,14H2,1-3H3. The molecule has 17 heavy (non-hydrogen) atoms. The van der Waals surface area contributed by atoms with Gasteiger partial charge in [0.25, 0.3) is 0 Å². The van der Waals surface area contributed by atoms with E-state index >= 15 is 0 Å². The molecule has 2 fully saturated rings. The van der Waals surface area contributed by atoms with Gasteiger partial charge in [0.05, 0.1) is 0 Å². The van der Waals surface area contributed by atoms with Crippen LogP contribution in [0.4, 0.5) is 0 Å². The first kappa shape index (κ1) is 13.3. The van der Waals surface area contributed by atoms with Crippen LogP contribution in [-0.2, 0) is 4.74 Å². The molecule has 0 bridgehead atoms. The lowest BCUT2D eigenvalue weighted by atomic mass is 9.91. The van der Waals surface area contributed by atoms with Crippen molar-refractivity contribution in [2.24, 2.45) is 5.73 Å². The maximum atomic E-state index is 6.10. The summed E-state index contributed by atoms with van der Waals surface area (Å²) < 4.78 is 5.45. The van der Waals surface area contributed by atoms with Crippen molar-refractivity contribution in [1.82, 2.24) is 9.80 Å². The molecule has 4 heteroatoms. The Balaban J connectivity index is 2.06. The predicted molar refractivity (Wildman–Crippen MR) is 70.1 cm³/mol. The van der Waals surface area contributed by atoms with Crippen molar-refractivity contribution in [3.8, 4) is 0 Å². The van der Waals surface area contributed by atoms with Crippen LogP contribution in [0, 0.1) is 0 Å². The van der Waals surface area contributed by atoms with Gasteiger partial charge in [-0.25, -0.2) is 0 Å². The topological polar surface area (TPSA) is 41.7 Å². The highest BCUT2D eigenvalue weighted by Crippen LogP contribution is 2.33. The molecule has 2 aliphatic rings. The lowest BCUT2D eigenvalue weighted by Gasteiger charge is -2.44. The van der Waals surface area contributed by atoms with Crippen molar-refractivity contribution in [3.05, 3.63) is 0 Å². The molecule has 2 aliphatic heterocycles. The predicted octanol–water partition coefficient (Wildman–Crippen LogP) is 0.519. The van der Waals surface area contributed by atoms with Gasteiger partial charge in [0.1, 0.15) is 0 Å². The van der Waals surface area contributed by atoms with Crippen LogP contribution in [0.2, 0.25) is 0 Å². The summed E-state index contributed by atoms with van der Waals surface area (Å²) in [6.45, 7) is 5.96. The second-order valence-electron chi connectivity index (χ2n) is 5.85. The van der Waals surface area contributed by atoms with Crippen molar-refractivity contribution < 1.29 is 4.74 Å². The van der Waals surface area contributed by atoms with Gasteiger partial charge in [-0.3, -0.25) is 4.90 Å². The molecule has 2 unspecified atom stereocenters. The van der Waals surface area contributed by atoms with E-state index in [1.54, 1.807) is 0 Å². The van der Waals surface area contributed by atoms with Crippen LogP contribution in [0.25, 0.3) is 0 Å². The van der Waals surface area contributed by atoms with E-state index < -0.39 is 0 Å². The zero-order valence-corrected chi connectivity index (χ0v) is 11.5. The Bertz CT molecular complexity index is 243. The van der Waals surface area contributed by atoms with Crippen LogP contribution >= 0.6 is 0 Å². The quantitative estimate of drug-likeness (QED) is 0.782. The SMILES string of the molecule is CC1CC(CN)(N(C)C2CCOCC2)CN1C. The van der Waals surface area contributed by atoms with Gasteiger partial charge in [-0.05, 0) is 40.3 Å². The number of likely N-dealkylation sites (tertiary alicyclic amines) is 1. The summed E-state index contributed by atoms with van der Waals surface area (Å²) in [6, 6.07) is 1.28. The average Bonchev–Trinajstić information content (AvgIpc) is 2.66. The van der Waals surface area contributed by atoms with E-state index in [9.17, 15) is 0 Å². The summed E-state index contributed by atoms with van der Waals surface area (Å²) in [5.41, 5.74) is 6.28. The fourth-order valence-electron chi connectivity index (χ4n) is 3.40. The smallest absolute Gasteiger partial charge is 0.0480 e. The van der Waals surface area contributed by atoms with Gasteiger partial charge in [-0.2, -0.15) is 0 Å². The maximum Gasteiger partial charge on any atom is 0.0480 e. The number of likely N-dealkylation sites (N-methyl/N-ethyl adjacent to an activating group) is 2. The Hall–Kier alpha value is -0.160. The van der Waals surface area contributed by atoms with E-state index in [2.05, 4.69) is 30.8 Å². The van der Waals surface area contributed by atoms with E-state index in [0.717, 1.165) is 39.1 Å². The molecule has 0 aromatic carbocycles. The molecular formula is C13H27N3O. The third-order valence-corrected chi connectivity index (χ3v) is 4.84. The maximum absolute atomic E-state index is 6.10. The van der Waals surface area contributed by atoms with Gasteiger partial charge in [0.15, 0.2) is 0 Å². The molecule has 0 aromatic rings. The first-order valence-corrected chi connectivity index (χ1v) is 6.80. The van der Waals surface area contributed by atoms with Gasteiger partial charge < -0.3 is 15.4 Å². The van der Waals surface area contributed by atoms with Crippen LogP contribution in [0.15, 0.2) is 0 Å². The molecule has 2 saturated heterocycles. The lowest BCUT2D eigenvalue weighted by molar-refractivity contribution is 0.00162. The summed E-state index contributed by atoms with van der Waals surface area (Å²) >= 11 is 0. The molecule has 100 valence electrons. The van der Waals surface area contributed by atoms with Crippen molar-refractivity contribution >= 4 is 0 Å². The number of nitrogens with zero attached hydrogens (tertiary/aromatic N) is 2. The van der Waals surface area contributed by atoms with E-state index in [0.29, 0.717) is 12.1 Å². The van der Waals surface area contributed by atoms with Crippen molar-refractivity contribution in [2.45, 2.75) is 43.8 Å². The largest absolute Gasteiger partial charge is 0.381 e. The van der Waals surface area contributed by atoms with Gasteiger partial charge in [0, 0.05) is 43.9 Å².